The number of anilines is 1. The van der Waals surface area contributed by atoms with Crippen molar-refractivity contribution in [2.75, 3.05) is 5.32 Å². The normalized spacial score (nSPS) is 10.7. The molecule has 0 aliphatic heterocycles. The quantitative estimate of drug-likeness (QED) is 0.296. The van der Waals surface area contributed by atoms with E-state index >= 15 is 0 Å². The third kappa shape index (κ3) is 6.10. The molecule has 0 aliphatic carbocycles. The van der Waals surface area contributed by atoms with Crippen LogP contribution in [0.25, 0.3) is 0 Å². The molecule has 4 rings (SSSR count). The maximum absolute atomic E-state index is 12.6. The molecule has 1 heterocycles. The number of carbonyl (C=O) groups is 1. The summed E-state index contributed by atoms with van der Waals surface area (Å²) in [4.78, 5) is 12.6. The zero-order valence-corrected chi connectivity index (χ0v) is 20.2. The summed E-state index contributed by atoms with van der Waals surface area (Å²) in [6, 6.07) is 18.2. The molecular formula is C26H23Cl2N3O3. The summed E-state index contributed by atoms with van der Waals surface area (Å²) in [5.74, 6) is 1.17. The summed E-state index contributed by atoms with van der Waals surface area (Å²) < 4.78 is 13.1. The maximum atomic E-state index is 12.6. The average Bonchev–Trinajstić information content (AvgIpc) is 3.27. The number of aromatic nitrogens is 2. The topological polar surface area (TPSA) is 65.4 Å². The summed E-state index contributed by atoms with van der Waals surface area (Å²) in [5.41, 5.74) is 4.00. The van der Waals surface area contributed by atoms with Gasteiger partial charge in [0.05, 0.1) is 18.1 Å². The first-order valence-corrected chi connectivity index (χ1v) is 11.3. The second-order valence-electron chi connectivity index (χ2n) is 7.81. The van der Waals surface area contributed by atoms with Gasteiger partial charge in [-0.3, -0.25) is 4.79 Å². The Morgan fingerprint density at radius 2 is 1.71 bits per heavy atom. The van der Waals surface area contributed by atoms with E-state index in [4.69, 9.17) is 32.7 Å². The monoisotopic (exact) mass is 495 g/mol. The number of halogens is 2. The Morgan fingerprint density at radius 3 is 2.41 bits per heavy atom. The average molecular weight is 496 g/mol. The molecular weight excluding hydrogens is 473 g/mol. The van der Waals surface area contributed by atoms with Crippen molar-refractivity contribution >= 4 is 34.8 Å². The second kappa shape index (κ2) is 10.6. The van der Waals surface area contributed by atoms with E-state index in [9.17, 15) is 4.79 Å². The van der Waals surface area contributed by atoms with Crippen LogP contribution in [0.3, 0.4) is 0 Å². The number of carbonyl (C=O) groups excluding carboxylic acids is 1. The number of nitrogens with zero attached hydrogens (tertiary/aromatic N) is 2. The van der Waals surface area contributed by atoms with Crippen LogP contribution >= 0.6 is 23.2 Å². The second-order valence-corrected chi connectivity index (χ2v) is 8.62. The predicted molar refractivity (Wildman–Crippen MR) is 134 cm³/mol. The summed E-state index contributed by atoms with van der Waals surface area (Å²) >= 11 is 12.2. The SMILES string of the molecule is Cc1cc(OCc2ccc(C(=O)Nc3cnn(COc4cccc(Cl)c4)c3)cc2)cc(C)c1Cl. The molecule has 8 heteroatoms. The van der Waals surface area contributed by atoms with Gasteiger partial charge in [0.25, 0.3) is 5.91 Å². The van der Waals surface area contributed by atoms with Crippen LogP contribution in [0.5, 0.6) is 11.5 Å². The van der Waals surface area contributed by atoms with E-state index in [1.807, 2.05) is 50.2 Å². The van der Waals surface area contributed by atoms with E-state index < -0.39 is 0 Å². The minimum atomic E-state index is -0.230. The highest BCUT2D eigenvalue weighted by atomic mass is 35.5. The molecule has 0 aliphatic rings. The Bertz CT molecular complexity index is 1280. The van der Waals surface area contributed by atoms with Gasteiger partial charge in [0, 0.05) is 15.6 Å². The highest BCUT2D eigenvalue weighted by molar-refractivity contribution is 6.32. The Labute approximate surface area is 208 Å². The molecule has 0 atom stereocenters. The fraction of sp³-hybridized carbons (Fsp3) is 0.154. The van der Waals surface area contributed by atoms with Crippen LogP contribution < -0.4 is 14.8 Å². The van der Waals surface area contributed by atoms with E-state index in [1.54, 1.807) is 41.3 Å². The molecule has 4 aromatic rings. The Balaban J connectivity index is 1.30. The maximum Gasteiger partial charge on any atom is 0.255 e. The third-order valence-corrected chi connectivity index (χ3v) is 5.91. The first kappa shape index (κ1) is 23.7. The highest BCUT2D eigenvalue weighted by Crippen LogP contribution is 2.26. The van der Waals surface area contributed by atoms with Crippen molar-refractivity contribution in [3.63, 3.8) is 0 Å². The molecule has 1 aromatic heterocycles. The molecule has 0 saturated heterocycles. The Morgan fingerprint density at radius 1 is 0.971 bits per heavy atom. The van der Waals surface area contributed by atoms with Crippen molar-refractivity contribution in [2.24, 2.45) is 0 Å². The number of nitrogens with one attached hydrogen (secondary N) is 1. The molecule has 34 heavy (non-hydrogen) atoms. The van der Waals surface area contributed by atoms with Crippen molar-refractivity contribution < 1.29 is 14.3 Å². The van der Waals surface area contributed by atoms with Crippen LogP contribution in [0.4, 0.5) is 5.69 Å². The molecule has 6 nitrogen and oxygen atoms in total. The van der Waals surface area contributed by atoms with Gasteiger partial charge in [0.1, 0.15) is 18.1 Å². The van der Waals surface area contributed by atoms with E-state index in [0.717, 1.165) is 27.5 Å². The molecule has 174 valence electrons. The molecule has 0 bridgehead atoms. The fourth-order valence-corrected chi connectivity index (χ4v) is 3.60. The van der Waals surface area contributed by atoms with Crippen LogP contribution in [-0.4, -0.2) is 15.7 Å². The van der Waals surface area contributed by atoms with Gasteiger partial charge in [-0.15, -0.1) is 0 Å². The minimum Gasteiger partial charge on any atom is -0.489 e. The van der Waals surface area contributed by atoms with Gasteiger partial charge >= 0.3 is 0 Å². The van der Waals surface area contributed by atoms with Crippen LogP contribution in [0.15, 0.2) is 73.1 Å². The smallest absolute Gasteiger partial charge is 0.255 e. The fourth-order valence-electron chi connectivity index (χ4n) is 3.31. The molecule has 0 spiro atoms. The lowest BCUT2D eigenvalue weighted by molar-refractivity contribution is 0.102. The zero-order valence-electron chi connectivity index (χ0n) is 18.7. The summed E-state index contributed by atoms with van der Waals surface area (Å²) in [5, 5.41) is 8.39. The van der Waals surface area contributed by atoms with E-state index in [1.165, 1.54) is 0 Å². The Kier molecular flexibility index (Phi) is 7.40. The van der Waals surface area contributed by atoms with Crippen LogP contribution in [0.2, 0.25) is 10.0 Å². The number of rotatable bonds is 8. The standard InChI is InChI=1S/C26H23Cl2N3O3/c1-17-10-24(11-18(2)25(17)28)33-15-19-6-8-20(9-7-19)26(32)30-22-13-29-31(14-22)16-34-23-5-3-4-21(27)12-23/h3-14H,15-16H2,1-2H3,(H,30,32). The molecule has 0 unspecified atom stereocenters. The van der Waals surface area contributed by atoms with Crippen molar-refractivity contribution in [3.8, 4) is 11.5 Å². The third-order valence-electron chi connectivity index (χ3n) is 5.08. The van der Waals surface area contributed by atoms with Crippen LogP contribution in [0.1, 0.15) is 27.0 Å². The number of hydrogen-bond donors (Lipinski definition) is 1. The molecule has 1 amide bonds. The first-order chi connectivity index (χ1) is 16.4. The van der Waals surface area contributed by atoms with Gasteiger partial charge in [-0.05, 0) is 73.0 Å². The van der Waals surface area contributed by atoms with Crippen molar-refractivity contribution in [1.29, 1.82) is 0 Å². The van der Waals surface area contributed by atoms with E-state index in [2.05, 4.69) is 10.4 Å². The lowest BCUT2D eigenvalue weighted by atomic mass is 10.1. The zero-order chi connectivity index (χ0) is 24.1. The molecule has 1 N–H and O–H groups in total. The first-order valence-electron chi connectivity index (χ1n) is 10.6. The minimum absolute atomic E-state index is 0.192. The molecule has 0 fully saturated rings. The lowest BCUT2D eigenvalue weighted by Crippen LogP contribution is -2.11. The Hall–Kier alpha value is -3.48. The van der Waals surface area contributed by atoms with E-state index in [-0.39, 0.29) is 12.6 Å². The lowest BCUT2D eigenvalue weighted by Gasteiger charge is -2.10. The van der Waals surface area contributed by atoms with Gasteiger partial charge < -0.3 is 14.8 Å². The van der Waals surface area contributed by atoms with Gasteiger partial charge in [-0.2, -0.15) is 5.10 Å². The molecule has 0 radical (unpaired) electrons. The highest BCUT2D eigenvalue weighted by Gasteiger charge is 2.09. The number of amides is 1. The number of aryl methyl sites for hydroxylation is 2. The summed E-state index contributed by atoms with van der Waals surface area (Å²) in [6.45, 7) is 4.48. The molecule has 3 aromatic carbocycles. The van der Waals surface area contributed by atoms with Crippen LogP contribution in [-0.2, 0) is 13.3 Å². The van der Waals surface area contributed by atoms with E-state index in [0.29, 0.717) is 28.6 Å². The van der Waals surface area contributed by atoms with Gasteiger partial charge in [-0.25, -0.2) is 4.68 Å². The number of ether oxygens (including phenoxy) is 2. The number of hydrogen-bond acceptors (Lipinski definition) is 4. The van der Waals surface area contributed by atoms with Crippen LogP contribution in [0, 0.1) is 13.8 Å². The largest absolute Gasteiger partial charge is 0.489 e. The van der Waals surface area contributed by atoms with Gasteiger partial charge in [0.15, 0.2) is 6.73 Å². The summed E-state index contributed by atoms with van der Waals surface area (Å²) in [7, 11) is 0. The molecule has 0 saturated carbocycles. The predicted octanol–water partition coefficient (Wildman–Crippen LogP) is 6.67. The van der Waals surface area contributed by atoms with Crippen molar-refractivity contribution in [1.82, 2.24) is 9.78 Å². The van der Waals surface area contributed by atoms with Crippen molar-refractivity contribution in [2.45, 2.75) is 27.2 Å². The van der Waals surface area contributed by atoms with Gasteiger partial charge in [0.2, 0.25) is 0 Å². The van der Waals surface area contributed by atoms with Gasteiger partial charge in [-0.1, -0.05) is 41.4 Å². The number of benzene rings is 3. The van der Waals surface area contributed by atoms with Crippen molar-refractivity contribution in [3.05, 3.63) is 105 Å². The summed E-state index contributed by atoms with van der Waals surface area (Å²) in [6.07, 6.45) is 3.26.